The van der Waals surface area contributed by atoms with Crippen molar-refractivity contribution in [3.8, 4) is 5.75 Å². The Morgan fingerprint density at radius 3 is 2.47 bits per heavy atom. The van der Waals surface area contributed by atoms with Gasteiger partial charge >= 0.3 is 0 Å². The third-order valence-electron chi connectivity index (χ3n) is 3.95. The summed E-state index contributed by atoms with van der Waals surface area (Å²) < 4.78 is 5.46. The van der Waals surface area contributed by atoms with Crippen LogP contribution in [-0.2, 0) is 6.42 Å². The SMILES string of the molecule is CCOc1ccc(CCN2CCC(NC)CC2)cc1. The van der Waals surface area contributed by atoms with E-state index in [2.05, 4.69) is 41.5 Å². The van der Waals surface area contributed by atoms with Gasteiger partial charge in [-0.1, -0.05) is 12.1 Å². The lowest BCUT2D eigenvalue weighted by molar-refractivity contribution is 0.204. The van der Waals surface area contributed by atoms with Gasteiger partial charge in [-0.2, -0.15) is 0 Å². The number of ether oxygens (including phenoxy) is 1. The van der Waals surface area contributed by atoms with Crippen molar-refractivity contribution in [3.05, 3.63) is 29.8 Å². The average Bonchev–Trinajstić information content (AvgIpc) is 2.47. The van der Waals surface area contributed by atoms with Crippen LogP contribution in [-0.4, -0.2) is 44.2 Å². The summed E-state index contributed by atoms with van der Waals surface area (Å²) in [5.74, 6) is 0.973. The first-order valence-corrected chi connectivity index (χ1v) is 7.43. The number of nitrogens with zero attached hydrogens (tertiary/aromatic N) is 1. The number of likely N-dealkylation sites (tertiary alicyclic amines) is 1. The van der Waals surface area contributed by atoms with Crippen LogP contribution in [0.1, 0.15) is 25.3 Å². The molecule has 1 aromatic carbocycles. The molecule has 0 radical (unpaired) electrons. The van der Waals surface area contributed by atoms with Gasteiger partial charge < -0.3 is 15.0 Å². The highest BCUT2D eigenvalue weighted by Gasteiger charge is 2.16. The second-order valence-electron chi connectivity index (χ2n) is 5.23. The minimum atomic E-state index is 0.724. The van der Waals surface area contributed by atoms with E-state index in [1.54, 1.807) is 0 Å². The second-order valence-corrected chi connectivity index (χ2v) is 5.23. The Morgan fingerprint density at radius 1 is 1.21 bits per heavy atom. The van der Waals surface area contributed by atoms with Crippen LogP contribution in [0.5, 0.6) is 5.75 Å². The van der Waals surface area contributed by atoms with E-state index in [1.165, 1.54) is 38.0 Å². The third kappa shape index (κ3) is 4.51. The molecule has 1 saturated heterocycles. The molecule has 0 amide bonds. The molecule has 0 spiro atoms. The van der Waals surface area contributed by atoms with Crippen LogP contribution in [0.25, 0.3) is 0 Å². The van der Waals surface area contributed by atoms with Gasteiger partial charge in [-0.15, -0.1) is 0 Å². The molecular formula is C16H26N2O. The fourth-order valence-electron chi connectivity index (χ4n) is 2.65. The number of nitrogens with one attached hydrogen (secondary N) is 1. The minimum Gasteiger partial charge on any atom is -0.494 e. The quantitative estimate of drug-likeness (QED) is 0.851. The molecule has 1 fully saturated rings. The number of rotatable bonds is 6. The van der Waals surface area contributed by atoms with Crippen molar-refractivity contribution in [2.75, 3.05) is 33.3 Å². The molecule has 1 aromatic rings. The molecule has 0 aliphatic carbocycles. The summed E-state index contributed by atoms with van der Waals surface area (Å²) in [6, 6.07) is 9.25. The molecule has 1 aliphatic heterocycles. The summed E-state index contributed by atoms with van der Waals surface area (Å²) >= 11 is 0. The molecule has 0 atom stereocenters. The second kappa shape index (κ2) is 7.51. The maximum atomic E-state index is 5.46. The number of hydrogen-bond donors (Lipinski definition) is 1. The normalized spacial score (nSPS) is 17.6. The van der Waals surface area contributed by atoms with E-state index in [-0.39, 0.29) is 0 Å². The molecule has 3 heteroatoms. The highest BCUT2D eigenvalue weighted by Crippen LogP contribution is 2.14. The van der Waals surface area contributed by atoms with Gasteiger partial charge in [-0.05, 0) is 64.0 Å². The first-order chi connectivity index (χ1) is 9.31. The van der Waals surface area contributed by atoms with Crippen molar-refractivity contribution in [3.63, 3.8) is 0 Å². The summed E-state index contributed by atoms with van der Waals surface area (Å²) in [5.41, 5.74) is 1.40. The summed E-state index contributed by atoms with van der Waals surface area (Å²) in [6.45, 7) is 6.37. The first kappa shape index (κ1) is 14.4. The topological polar surface area (TPSA) is 24.5 Å². The van der Waals surface area contributed by atoms with Crippen molar-refractivity contribution < 1.29 is 4.74 Å². The Labute approximate surface area is 116 Å². The van der Waals surface area contributed by atoms with Crippen molar-refractivity contribution in [2.45, 2.75) is 32.2 Å². The average molecular weight is 262 g/mol. The zero-order valence-electron chi connectivity index (χ0n) is 12.2. The van der Waals surface area contributed by atoms with Crippen LogP contribution in [0.2, 0.25) is 0 Å². The Hall–Kier alpha value is -1.06. The van der Waals surface area contributed by atoms with E-state index < -0.39 is 0 Å². The molecule has 106 valence electrons. The molecule has 0 unspecified atom stereocenters. The highest BCUT2D eigenvalue weighted by molar-refractivity contribution is 5.27. The maximum absolute atomic E-state index is 5.46. The third-order valence-corrected chi connectivity index (χ3v) is 3.95. The van der Waals surface area contributed by atoms with Gasteiger partial charge in [-0.25, -0.2) is 0 Å². The summed E-state index contributed by atoms with van der Waals surface area (Å²) in [6.07, 6.45) is 3.69. The number of hydrogen-bond acceptors (Lipinski definition) is 3. The Morgan fingerprint density at radius 2 is 1.89 bits per heavy atom. The molecule has 2 rings (SSSR count). The van der Waals surface area contributed by atoms with Gasteiger partial charge in [0.2, 0.25) is 0 Å². The molecule has 0 bridgehead atoms. The highest BCUT2D eigenvalue weighted by atomic mass is 16.5. The predicted molar refractivity (Wildman–Crippen MR) is 79.8 cm³/mol. The lowest BCUT2D eigenvalue weighted by Crippen LogP contribution is -2.41. The van der Waals surface area contributed by atoms with Crippen LogP contribution in [0.15, 0.2) is 24.3 Å². The van der Waals surface area contributed by atoms with Gasteiger partial charge in [0.25, 0.3) is 0 Å². The monoisotopic (exact) mass is 262 g/mol. The van der Waals surface area contributed by atoms with Crippen LogP contribution in [0.3, 0.4) is 0 Å². The van der Waals surface area contributed by atoms with Crippen molar-refractivity contribution in [1.29, 1.82) is 0 Å². The van der Waals surface area contributed by atoms with Gasteiger partial charge in [0, 0.05) is 12.6 Å². The lowest BCUT2D eigenvalue weighted by atomic mass is 10.0. The molecule has 1 heterocycles. The largest absolute Gasteiger partial charge is 0.494 e. The van der Waals surface area contributed by atoms with E-state index in [1.807, 2.05) is 6.92 Å². The Bertz CT molecular complexity index is 356. The molecule has 19 heavy (non-hydrogen) atoms. The standard InChI is InChI=1S/C16H26N2O/c1-3-19-16-6-4-14(5-7-16)8-11-18-12-9-15(17-2)10-13-18/h4-7,15,17H,3,8-13H2,1-2H3. The number of benzene rings is 1. The summed E-state index contributed by atoms with van der Waals surface area (Å²) in [5, 5.41) is 3.38. The van der Waals surface area contributed by atoms with Gasteiger partial charge in [0.05, 0.1) is 6.61 Å². The van der Waals surface area contributed by atoms with Crippen LogP contribution < -0.4 is 10.1 Å². The van der Waals surface area contributed by atoms with Crippen molar-refractivity contribution in [2.24, 2.45) is 0 Å². The van der Waals surface area contributed by atoms with Crippen LogP contribution >= 0.6 is 0 Å². The van der Waals surface area contributed by atoms with E-state index in [0.29, 0.717) is 0 Å². The van der Waals surface area contributed by atoms with Crippen molar-refractivity contribution >= 4 is 0 Å². The molecule has 1 aliphatic rings. The van der Waals surface area contributed by atoms with Crippen molar-refractivity contribution in [1.82, 2.24) is 10.2 Å². The molecule has 1 N–H and O–H groups in total. The lowest BCUT2D eigenvalue weighted by Gasteiger charge is -2.31. The van der Waals surface area contributed by atoms with Gasteiger partial charge in [-0.3, -0.25) is 0 Å². The minimum absolute atomic E-state index is 0.724. The van der Waals surface area contributed by atoms with Crippen LogP contribution in [0.4, 0.5) is 0 Å². The maximum Gasteiger partial charge on any atom is 0.119 e. The van der Waals surface area contributed by atoms with E-state index >= 15 is 0 Å². The zero-order valence-corrected chi connectivity index (χ0v) is 12.2. The van der Waals surface area contributed by atoms with Gasteiger partial charge in [0.15, 0.2) is 0 Å². The molecule has 0 aromatic heterocycles. The van der Waals surface area contributed by atoms with E-state index in [9.17, 15) is 0 Å². The summed E-state index contributed by atoms with van der Waals surface area (Å²) in [7, 11) is 2.07. The Kier molecular flexibility index (Phi) is 5.67. The zero-order chi connectivity index (χ0) is 13.5. The number of piperidine rings is 1. The fraction of sp³-hybridized carbons (Fsp3) is 0.625. The Balaban J connectivity index is 1.73. The predicted octanol–water partition coefficient (Wildman–Crippen LogP) is 2.31. The molecule has 0 saturated carbocycles. The summed E-state index contributed by atoms with van der Waals surface area (Å²) in [4.78, 5) is 2.57. The van der Waals surface area contributed by atoms with E-state index in [0.717, 1.165) is 24.8 Å². The molecular weight excluding hydrogens is 236 g/mol. The van der Waals surface area contributed by atoms with Gasteiger partial charge in [0.1, 0.15) is 5.75 Å². The fourth-order valence-corrected chi connectivity index (χ4v) is 2.65. The smallest absolute Gasteiger partial charge is 0.119 e. The molecule has 3 nitrogen and oxygen atoms in total. The van der Waals surface area contributed by atoms with E-state index in [4.69, 9.17) is 4.74 Å². The first-order valence-electron chi connectivity index (χ1n) is 7.43. The van der Waals surface area contributed by atoms with Crippen LogP contribution in [0, 0.1) is 0 Å².